The lowest BCUT2D eigenvalue weighted by Crippen LogP contribution is -2.36. The van der Waals surface area contributed by atoms with Crippen LogP contribution >= 0.6 is 0 Å². The minimum atomic E-state index is -4.94. The maximum Gasteiger partial charge on any atom is 0.431 e. The van der Waals surface area contributed by atoms with Gasteiger partial charge >= 0.3 is 11.9 Å². The third-order valence-corrected chi connectivity index (χ3v) is 4.12. The fourth-order valence-corrected chi connectivity index (χ4v) is 2.68. The molecule has 31 heavy (non-hydrogen) atoms. The van der Waals surface area contributed by atoms with Crippen LogP contribution in [-0.2, 0) is 6.18 Å². The number of rotatable bonds is 6. The molecule has 0 radical (unpaired) electrons. The standard InChI is InChI=1S/C20H17F4N3O4/c1-3-7-30-18-14(5-4-6-25-18)31-15-9-13(12(21)8-11(15)2)27-17(28)10-16(20(22,23)24)26-19(27)29/h4-6,8-10H,3,7H2,1-2H3,(H,26,29). The number of halogens is 4. The number of nitrogens with zero attached hydrogens (tertiary/aromatic N) is 2. The molecule has 0 aliphatic rings. The smallest absolute Gasteiger partial charge is 0.431 e. The Morgan fingerprint density at radius 2 is 1.90 bits per heavy atom. The fourth-order valence-electron chi connectivity index (χ4n) is 2.68. The quantitative estimate of drug-likeness (QED) is 0.588. The van der Waals surface area contributed by atoms with Crippen LogP contribution in [0.25, 0.3) is 5.69 Å². The van der Waals surface area contributed by atoms with E-state index in [9.17, 15) is 27.2 Å². The van der Waals surface area contributed by atoms with Crippen LogP contribution in [0.4, 0.5) is 17.6 Å². The van der Waals surface area contributed by atoms with Crippen LogP contribution < -0.4 is 20.7 Å². The first kappa shape index (κ1) is 22.1. The number of hydrogen-bond acceptors (Lipinski definition) is 5. The summed E-state index contributed by atoms with van der Waals surface area (Å²) < 4.78 is 64.5. The van der Waals surface area contributed by atoms with E-state index < -0.39 is 34.6 Å². The minimum absolute atomic E-state index is 0.0527. The molecule has 2 heterocycles. The first-order chi connectivity index (χ1) is 14.6. The number of H-pyrrole nitrogens is 1. The van der Waals surface area contributed by atoms with Crippen LogP contribution in [0, 0.1) is 12.7 Å². The summed E-state index contributed by atoms with van der Waals surface area (Å²) in [5.74, 6) is -0.563. The molecule has 0 aliphatic heterocycles. The predicted molar refractivity (Wildman–Crippen MR) is 102 cm³/mol. The van der Waals surface area contributed by atoms with Crippen LogP contribution in [0.5, 0.6) is 17.4 Å². The third kappa shape index (κ3) is 4.76. The molecule has 0 unspecified atom stereocenters. The Hall–Kier alpha value is -3.63. The summed E-state index contributed by atoms with van der Waals surface area (Å²) >= 11 is 0. The van der Waals surface area contributed by atoms with Crippen molar-refractivity contribution in [3.63, 3.8) is 0 Å². The Balaban J connectivity index is 2.08. The summed E-state index contributed by atoms with van der Waals surface area (Å²) in [7, 11) is 0. The van der Waals surface area contributed by atoms with E-state index in [1.165, 1.54) is 13.1 Å². The molecule has 2 aromatic heterocycles. The zero-order valence-electron chi connectivity index (χ0n) is 16.4. The number of aromatic nitrogens is 3. The number of hydrogen-bond donors (Lipinski definition) is 1. The van der Waals surface area contributed by atoms with E-state index in [2.05, 4.69) is 4.98 Å². The molecular weight excluding hydrogens is 422 g/mol. The monoisotopic (exact) mass is 439 g/mol. The van der Waals surface area contributed by atoms with Gasteiger partial charge in [0, 0.05) is 18.3 Å². The predicted octanol–water partition coefficient (Wildman–Crippen LogP) is 3.97. The van der Waals surface area contributed by atoms with Crippen molar-refractivity contribution in [1.82, 2.24) is 14.5 Å². The van der Waals surface area contributed by atoms with Crippen LogP contribution in [0.1, 0.15) is 24.6 Å². The second-order valence-electron chi connectivity index (χ2n) is 6.49. The molecule has 3 rings (SSSR count). The Morgan fingerprint density at radius 3 is 2.55 bits per heavy atom. The summed E-state index contributed by atoms with van der Waals surface area (Å²) in [4.78, 5) is 30.0. The maximum absolute atomic E-state index is 14.6. The molecule has 0 saturated heterocycles. The van der Waals surface area contributed by atoms with Gasteiger partial charge in [0.25, 0.3) is 11.4 Å². The number of benzene rings is 1. The normalized spacial score (nSPS) is 11.4. The topological polar surface area (TPSA) is 86.2 Å². The minimum Gasteiger partial charge on any atom is -0.475 e. The highest BCUT2D eigenvalue weighted by Crippen LogP contribution is 2.33. The Labute approximate surface area is 172 Å². The van der Waals surface area contributed by atoms with Crippen LogP contribution in [0.2, 0.25) is 0 Å². The molecule has 11 heteroatoms. The van der Waals surface area contributed by atoms with Gasteiger partial charge in [0.05, 0.1) is 12.3 Å². The van der Waals surface area contributed by atoms with Crippen molar-refractivity contribution in [3.8, 4) is 23.1 Å². The fraction of sp³-hybridized carbons (Fsp3) is 0.250. The lowest BCUT2D eigenvalue weighted by Gasteiger charge is -2.15. The Morgan fingerprint density at radius 1 is 1.16 bits per heavy atom. The van der Waals surface area contributed by atoms with Crippen molar-refractivity contribution >= 4 is 0 Å². The Bertz CT molecular complexity index is 1190. The summed E-state index contributed by atoms with van der Waals surface area (Å²) in [6.45, 7) is 3.79. The number of nitrogens with one attached hydrogen (secondary N) is 1. The SMILES string of the molecule is CCCOc1ncccc1Oc1cc(-n2c(=O)cc(C(F)(F)F)[nH]c2=O)c(F)cc1C. The van der Waals surface area contributed by atoms with Gasteiger partial charge in [-0.05, 0) is 37.1 Å². The Kier molecular flexibility index (Phi) is 6.14. The van der Waals surface area contributed by atoms with Gasteiger partial charge in [-0.2, -0.15) is 13.2 Å². The molecule has 0 atom stereocenters. The summed E-state index contributed by atoms with van der Waals surface area (Å²) in [6, 6.07) is 5.36. The van der Waals surface area contributed by atoms with Gasteiger partial charge in [0.1, 0.15) is 17.3 Å². The lowest BCUT2D eigenvalue weighted by molar-refractivity contribution is -0.141. The highest BCUT2D eigenvalue weighted by atomic mass is 19.4. The van der Waals surface area contributed by atoms with Crippen molar-refractivity contribution in [1.29, 1.82) is 0 Å². The van der Waals surface area contributed by atoms with E-state index >= 15 is 0 Å². The molecule has 3 aromatic rings. The van der Waals surface area contributed by atoms with Gasteiger partial charge in [0.15, 0.2) is 5.75 Å². The lowest BCUT2D eigenvalue weighted by atomic mass is 10.2. The van der Waals surface area contributed by atoms with E-state index in [0.717, 1.165) is 18.6 Å². The molecule has 1 N–H and O–H groups in total. The van der Waals surface area contributed by atoms with Gasteiger partial charge in [0.2, 0.25) is 0 Å². The maximum atomic E-state index is 14.6. The van der Waals surface area contributed by atoms with Crippen molar-refractivity contribution in [2.45, 2.75) is 26.4 Å². The van der Waals surface area contributed by atoms with Gasteiger partial charge in [-0.3, -0.25) is 4.79 Å². The summed E-state index contributed by atoms with van der Waals surface area (Å²) in [5, 5.41) is 0. The molecular formula is C20H17F4N3O4. The van der Waals surface area contributed by atoms with Crippen LogP contribution in [0.3, 0.4) is 0 Å². The van der Waals surface area contributed by atoms with Crippen molar-refractivity contribution in [2.75, 3.05) is 6.61 Å². The largest absolute Gasteiger partial charge is 0.475 e. The second-order valence-corrected chi connectivity index (χ2v) is 6.49. The molecule has 0 amide bonds. The number of aryl methyl sites for hydroxylation is 1. The van der Waals surface area contributed by atoms with E-state index in [1.807, 2.05) is 6.92 Å². The number of ether oxygens (including phenoxy) is 2. The van der Waals surface area contributed by atoms with E-state index in [1.54, 1.807) is 17.1 Å². The van der Waals surface area contributed by atoms with Crippen molar-refractivity contribution in [3.05, 3.63) is 74.4 Å². The highest BCUT2D eigenvalue weighted by Gasteiger charge is 2.33. The van der Waals surface area contributed by atoms with Gasteiger partial charge < -0.3 is 14.5 Å². The molecule has 164 valence electrons. The number of pyridine rings is 1. The van der Waals surface area contributed by atoms with Gasteiger partial charge in [-0.15, -0.1) is 0 Å². The van der Waals surface area contributed by atoms with Gasteiger partial charge in [-0.25, -0.2) is 18.7 Å². The zero-order valence-corrected chi connectivity index (χ0v) is 16.4. The summed E-state index contributed by atoms with van der Waals surface area (Å²) in [6.07, 6.45) is -2.73. The number of alkyl halides is 3. The number of aromatic amines is 1. The van der Waals surface area contributed by atoms with E-state index in [-0.39, 0.29) is 28.0 Å². The van der Waals surface area contributed by atoms with E-state index in [4.69, 9.17) is 9.47 Å². The van der Waals surface area contributed by atoms with Crippen molar-refractivity contribution in [2.24, 2.45) is 0 Å². The van der Waals surface area contributed by atoms with Crippen molar-refractivity contribution < 1.29 is 27.0 Å². The average molecular weight is 439 g/mol. The van der Waals surface area contributed by atoms with Gasteiger partial charge in [-0.1, -0.05) is 6.92 Å². The molecule has 0 spiro atoms. The summed E-state index contributed by atoms with van der Waals surface area (Å²) in [5.41, 5.74) is -4.58. The molecule has 0 bridgehead atoms. The second kappa shape index (κ2) is 8.62. The van der Waals surface area contributed by atoms with Crippen LogP contribution in [-0.4, -0.2) is 21.1 Å². The van der Waals surface area contributed by atoms with Crippen LogP contribution in [0.15, 0.2) is 46.1 Å². The third-order valence-electron chi connectivity index (χ3n) is 4.12. The molecule has 7 nitrogen and oxygen atoms in total. The first-order valence-corrected chi connectivity index (χ1v) is 9.11. The highest BCUT2D eigenvalue weighted by molar-refractivity contribution is 5.48. The molecule has 1 aromatic carbocycles. The zero-order chi connectivity index (χ0) is 22.8. The molecule has 0 aliphatic carbocycles. The first-order valence-electron chi connectivity index (χ1n) is 9.11. The average Bonchev–Trinajstić information content (AvgIpc) is 2.69. The molecule has 0 fully saturated rings. The van der Waals surface area contributed by atoms with E-state index in [0.29, 0.717) is 12.2 Å². The molecule has 0 saturated carbocycles.